The third-order valence-corrected chi connectivity index (χ3v) is 6.33. The van der Waals surface area contributed by atoms with E-state index in [1.807, 2.05) is 6.07 Å². The van der Waals surface area contributed by atoms with Gasteiger partial charge in [0.2, 0.25) is 5.91 Å². The van der Waals surface area contributed by atoms with E-state index in [1.54, 1.807) is 12.1 Å². The maximum Gasteiger partial charge on any atom is 0.250 e. The number of amides is 2. The van der Waals surface area contributed by atoms with Crippen LogP contribution in [0.5, 0.6) is 0 Å². The Bertz CT molecular complexity index is 706. The third-order valence-electron chi connectivity index (χ3n) is 6.33. The topological polar surface area (TPSA) is 87.5 Å². The minimum atomic E-state index is -0.417. The molecule has 3 fully saturated rings. The van der Waals surface area contributed by atoms with E-state index < -0.39 is 5.91 Å². The predicted octanol–water partition coefficient (Wildman–Crippen LogP) is 2.10. The van der Waals surface area contributed by atoms with Gasteiger partial charge in [-0.2, -0.15) is 0 Å². The van der Waals surface area contributed by atoms with Crippen LogP contribution in [0.2, 0.25) is 0 Å². The quantitative estimate of drug-likeness (QED) is 0.771. The molecule has 1 aromatic carbocycles. The molecule has 0 aromatic heterocycles. The van der Waals surface area contributed by atoms with Gasteiger partial charge in [0.1, 0.15) is 0 Å². The number of benzene rings is 1. The third kappa shape index (κ3) is 3.30. The summed E-state index contributed by atoms with van der Waals surface area (Å²) in [5, 5.41) is 6.45. The van der Waals surface area contributed by atoms with Gasteiger partial charge in [0.15, 0.2) is 0 Å². The van der Waals surface area contributed by atoms with Crippen molar-refractivity contribution in [2.75, 3.05) is 36.4 Å². The summed E-state index contributed by atoms with van der Waals surface area (Å²) in [6.07, 6.45) is 6.63. The summed E-state index contributed by atoms with van der Waals surface area (Å²) in [6, 6.07) is 5.46. The number of primary amides is 1. The smallest absolute Gasteiger partial charge is 0.250 e. The molecule has 2 aliphatic heterocycles. The summed E-state index contributed by atoms with van der Waals surface area (Å²) in [6.45, 7) is 3.87. The Labute approximate surface area is 154 Å². The van der Waals surface area contributed by atoms with Crippen molar-refractivity contribution in [1.29, 1.82) is 0 Å². The monoisotopic (exact) mass is 356 g/mol. The lowest BCUT2D eigenvalue weighted by Gasteiger charge is -2.30. The highest BCUT2D eigenvalue weighted by molar-refractivity contribution is 6.01. The average Bonchev–Trinajstić information content (AvgIpc) is 3.36. The Hall–Kier alpha value is -2.08. The molecule has 2 heterocycles. The second kappa shape index (κ2) is 6.91. The van der Waals surface area contributed by atoms with Crippen LogP contribution in [0.4, 0.5) is 11.4 Å². The standard InChI is InChI=1S/C20H28N4O2/c21-18(25)15-5-4-14(12-17(15)24-10-2-1-3-11-24)23-19(26)16-13-20(16)6-8-22-9-7-20/h4-5,12,16,22H,1-3,6-11,13H2,(H2,21,25)(H,23,26). The van der Waals surface area contributed by atoms with Crippen LogP contribution in [-0.4, -0.2) is 38.0 Å². The number of carbonyl (C=O) groups is 2. The van der Waals surface area contributed by atoms with Crippen molar-refractivity contribution in [3.05, 3.63) is 23.8 Å². The van der Waals surface area contributed by atoms with Gasteiger partial charge in [-0.3, -0.25) is 9.59 Å². The maximum absolute atomic E-state index is 12.7. The van der Waals surface area contributed by atoms with Crippen molar-refractivity contribution in [1.82, 2.24) is 5.32 Å². The summed E-state index contributed by atoms with van der Waals surface area (Å²) in [5.41, 5.74) is 7.93. The molecule has 140 valence electrons. The number of anilines is 2. The molecular weight excluding hydrogens is 328 g/mol. The molecule has 4 N–H and O–H groups in total. The molecule has 3 aliphatic rings. The van der Waals surface area contributed by atoms with E-state index in [4.69, 9.17) is 5.73 Å². The molecule has 1 atom stereocenters. The molecule has 2 amide bonds. The van der Waals surface area contributed by atoms with Crippen LogP contribution in [0.25, 0.3) is 0 Å². The number of nitrogens with zero attached hydrogens (tertiary/aromatic N) is 1. The fraction of sp³-hybridized carbons (Fsp3) is 0.600. The number of carbonyl (C=O) groups excluding carboxylic acids is 2. The first-order valence-electron chi connectivity index (χ1n) is 9.79. The molecule has 26 heavy (non-hydrogen) atoms. The largest absolute Gasteiger partial charge is 0.371 e. The first kappa shape index (κ1) is 17.3. The Morgan fingerprint density at radius 3 is 2.58 bits per heavy atom. The molecule has 1 saturated carbocycles. The molecule has 1 unspecified atom stereocenters. The predicted molar refractivity (Wildman–Crippen MR) is 102 cm³/mol. The van der Waals surface area contributed by atoms with E-state index in [9.17, 15) is 9.59 Å². The van der Waals surface area contributed by atoms with E-state index in [1.165, 1.54) is 6.42 Å². The van der Waals surface area contributed by atoms with Crippen LogP contribution in [0, 0.1) is 11.3 Å². The highest BCUT2D eigenvalue weighted by Crippen LogP contribution is 2.58. The van der Waals surface area contributed by atoms with Gasteiger partial charge in [-0.25, -0.2) is 0 Å². The molecule has 0 bridgehead atoms. The lowest BCUT2D eigenvalue weighted by molar-refractivity contribution is -0.118. The SMILES string of the molecule is NC(=O)c1ccc(NC(=O)C2CC23CCNCC3)cc1N1CCCCC1. The molecule has 2 saturated heterocycles. The Kier molecular flexibility index (Phi) is 4.61. The fourth-order valence-electron chi connectivity index (χ4n) is 4.64. The van der Waals surface area contributed by atoms with Crippen molar-refractivity contribution in [3.8, 4) is 0 Å². The highest BCUT2D eigenvalue weighted by Gasteiger charge is 2.57. The lowest BCUT2D eigenvalue weighted by atomic mass is 9.92. The molecule has 0 radical (unpaired) electrons. The molecule has 4 rings (SSSR count). The van der Waals surface area contributed by atoms with Gasteiger partial charge in [-0.1, -0.05) is 0 Å². The van der Waals surface area contributed by atoms with Crippen molar-refractivity contribution in [3.63, 3.8) is 0 Å². The molecule has 1 aliphatic carbocycles. The zero-order valence-corrected chi connectivity index (χ0v) is 15.2. The molecule has 6 heteroatoms. The molecule has 6 nitrogen and oxygen atoms in total. The minimum Gasteiger partial charge on any atom is -0.371 e. The van der Waals surface area contributed by atoms with Gasteiger partial charge in [0, 0.05) is 24.7 Å². The maximum atomic E-state index is 12.7. The summed E-state index contributed by atoms with van der Waals surface area (Å²) in [7, 11) is 0. The first-order valence-corrected chi connectivity index (χ1v) is 9.79. The number of hydrogen-bond donors (Lipinski definition) is 3. The molecular formula is C20H28N4O2. The minimum absolute atomic E-state index is 0.114. The van der Waals surface area contributed by atoms with Crippen LogP contribution in [-0.2, 0) is 4.79 Å². The first-order chi connectivity index (χ1) is 12.6. The number of nitrogens with two attached hydrogens (primary N) is 1. The van der Waals surface area contributed by atoms with Crippen LogP contribution in [0.1, 0.15) is 48.9 Å². The lowest BCUT2D eigenvalue weighted by Crippen LogP contribution is -2.32. The van der Waals surface area contributed by atoms with Crippen LogP contribution < -0.4 is 21.3 Å². The zero-order valence-electron chi connectivity index (χ0n) is 15.2. The summed E-state index contributed by atoms with van der Waals surface area (Å²) >= 11 is 0. The van der Waals surface area contributed by atoms with Gasteiger partial charge >= 0.3 is 0 Å². The van der Waals surface area contributed by atoms with E-state index >= 15 is 0 Å². The molecule has 1 aromatic rings. The van der Waals surface area contributed by atoms with Crippen LogP contribution in [0.3, 0.4) is 0 Å². The van der Waals surface area contributed by atoms with Gasteiger partial charge in [-0.05, 0) is 75.2 Å². The van der Waals surface area contributed by atoms with Gasteiger partial charge in [-0.15, -0.1) is 0 Å². The van der Waals surface area contributed by atoms with Gasteiger partial charge < -0.3 is 21.3 Å². The fourth-order valence-corrected chi connectivity index (χ4v) is 4.64. The second-order valence-corrected chi connectivity index (χ2v) is 8.00. The van der Waals surface area contributed by atoms with Crippen molar-refractivity contribution in [2.24, 2.45) is 17.1 Å². The van der Waals surface area contributed by atoms with E-state index in [2.05, 4.69) is 15.5 Å². The number of piperidine rings is 2. The number of nitrogens with one attached hydrogen (secondary N) is 2. The Morgan fingerprint density at radius 2 is 1.88 bits per heavy atom. The highest BCUT2D eigenvalue weighted by atomic mass is 16.2. The number of rotatable bonds is 4. The van der Waals surface area contributed by atoms with Gasteiger partial charge in [0.05, 0.1) is 11.3 Å². The summed E-state index contributed by atoms with van der Waals surface area (Å²) < 4.78 is 0. The van der Waals surface area contributed by atoms with E-state index in [-0.39, 0.29) is 17.2 Å². The second-order valence-electron chi connectivity index (χ2n) is 8.00. The zero-order chi connectivity index (χ0) is 18.1. The van der Waals surface area contributed by atoms with E-state index in [0.29, 0.717) is 5.56 Å². The van der Waals surface area contributed by atoms with E-state index in [0.717, 1.165) is 69.7 Å². The Morgan fingerprint density at radius 1 is 1.15 bits per heavy atom. The van der Waals surface area contributed by atoms with Crippen molar-refractivity contribution in [2.45, 2.75) is 38.5 Å². The van der Waals surface area contributed by atoms with Crippen molar-refractivity contribution < 1.29 is 9.59 Å². The average molecular weight is 356 g/mol. The summed E-state index contributed by atoms with van der Waals surface area (Å²) in [5.74, 6) is -0.179. The summed E-state index contributed by atoms with van der Waals surface area (Å²) in [4.78, 5) is 26.8. The Balaban J connectivity index is 1.50. The van der Waals surface area contributed by atoms with Crippen LogP contribution >= 0.6 is 0 Å². The molecule has 1 spiro atoms. The number of hydrogen-bond acceptors (Lipinski definition) is 4. The van der Waals surface area contributed by atoms with Crippen molar-refractivity contribution >= 4 is 23.2 Å². The van der Waals surface area contributed by atoms with Gasteiger partial charge in [0.25, 0.3) is 5.91 Å². The normalized spacial score (nSPS) is 24.3. The van der Waals surface area contributed by atoms with Crippen LogP contribution in [0.15, 0.2) is 18.2 Å².